The van der Waals surface area contributed by atoms with Gasteiger partial charge in [-0.2, -0.15) is 0 Å². The van der Waals surface area contributed by atoms with Crippen molar-refractivity contribution in [3.8, 4) is 0 Å². The summed E-state index contributed by atoms with van der Waals surface area (Å²) < 4.78 is 0. The summed E-state index contributed by atoms with van der Waals surface area (Å²) in [5, 5.41) is 17.0. The lowest BCUT2D eigenvalue weighted by Crippen LogP contribution is -2.33. The van der Waals surface area contributed by atoms with Crippen LogP contribution in [0.2, 0.25) is 0 Å². The topological polar surface area (TPSA) is 87.5 Å². The zero-order valence-corrected chi connectivity index (χ0v) is 14.9. The smallest absolute Gasteiger partial charge is 0.293 e. The summed E-state index contributed by atoms with van der Waals surface area (Å²) in [6.45, 7) is 3.49. The quantitative estimate of drug-likeness (QED) is 0.615. The van der Waals surface area contributed by atoms with Crippen LogP contribution in [0.1, 0.15) is 22.8 Å². The van der Waals surface area contributed by atoms with E-state index in [0.29, 0.717) is 18.3 Å². The number of nitro groups is 1. The van der Waals surface area contributed by atoms with Crippen LogP contribution in [0, 0.1) is 10.1 Å². The Morgan fingerprint density at radius 1 is 1.31 bits per heavy atom. The van der Waals surface area contributed by atoms with E-state index in [-0.39, 0.29) is 17.2 Å². The van der Waals surface area contributed by atoms with Crippen molar-refractivity contribution in [2.45, 2.75) is 19.4 Å². The highest BCUT2D eigenvalue weighted by atomic mass is 16.6. The maximum atomic E-state index is 11.7. The molecule has 7 nitrogen and oxygen atoms in total. The summed E-state index contributed by atoms with van der Waals surface area (Å²) in [5.41, 5.74) is 3.16. The van der Waals surface area contributed by atoms with Crippen molar-refractivity contribution in [2.24, 2.45) is 0 Å². The van der Waals surface area contributed by atoms with Crippen molar-refractivity contribution < 1.29 is 9.72 Å². The SMILES string of the molecule is CNC(=O)c1ccc(NCCN2c3ccccc3CC2C)c([N+](=O)[O-])c1. The van der Waals surface area contributed by atoms with E-state index in [2.05, 4.69) is 34.6 Å². The zero-order chi connectivity index (χ0) is 18.7. The van der Waals surface area contributed by atoms with Crippen LogP contribution in [0.5, 0.6) is 0 Å². The second-order valence-electron chi connectivity index (χ2n) is 6.37. The van der Waals surface area contributed by atoms with Gasteiger partial charge in [-0.25, -0.2) is 0 Å². The summed E-state index contributed by atoms with van der Waals surface area (Å²) >= 11 is 0. The van der Waals surface area contributed by atoms with E-state index < -0.39 is 4.92 Å². The molecule has 136 valence electrons. The molecule has 3 rings (SSSR count). The minimum Gasteiger partial charge on any atom is -0.378 e. The molecule has 0 saturated carbocycles. The first kappa shape index (κ1) is 17.7. The van der Waals surface area contributed by atoms with Gasteiger partial charge in [0.2, 0.25) is 0 Å². The fraction of sp³-hybridized carbons (Fsp3) is 0.316. The molecule has 1 aliphatic heterocycles. The lowest BCUT2D eigenvalue weighted by Gasteiger charge is -2.25. The number of anilines is 2. The van der Waals surface area contributed by atoms with Crippen molar-refractivity contribution in [2.75, 3.05) is 30.4 Å². The van der Waals surface area contributed by atoms with Crippen LogP contribution >= 0.6 is 0 Å². The first-order valence-corrected chi connectivity index (χ1v) is 8.60. The van der Waals surface area contributed by atoms with Gasteiger partial charge in [-0.3, -0.25) is 14.9 Å². The minimum absolute atomic E-state index is 0.0963. The van der Waals surface area contributed by atoms with E-state index in [1.54, 1.807) is 12.1 Å². The second-order valence-corrected chi connectivity index (χ2v) is 6.37. The highest BCUT2D eigenvalue weighted by molar-refractivity contribution is 5.95. The van der Waals surface area contributed by atoms with E-state index >= 15 is 0 Å². The van der Waals surface area contributed by atoms with Crippen molar-refractivity contribution in [1.29, 1.82) is 0 Å². The van der Waals surface area contributed by atoms with Crippen LogP contribution in [0.3, 0.4) is 0 Å². The molecule has 1 aliphatic rings. The summed E-state index contributed by atoms with van der Waals surface area (Å²) in [6.07, 6.45) is 1.01. The van der Waals surface area contributed by atoms with Gasteiger partial charge in [0.15, 0.2) is 0 Å². The van der Waals surface area contributed by atoms with E-state index in [1.165, 1.54) is 24.4 Å². The molecule has 0 bridgehead atoms. The summed E-state index contributed by atoms with van der Waals surface area (Å²) in [6, 6.07) is 13.2. The molecule has 2 aromatic rings. The maximum absolute atomic E-state index is 11.7. The van der Waals surface area contributed by atoms with Crippen LogP contribution in [0.4, 0.5) is 17.1 Å². The molecule has 1 unspecified atom stereocenters. The predicted octanol–water partition coefficient (Wildman–Crippen LogP) is 2.82. The third-order valence-corrected chi connectivity index (χ3v) is 4.70. The monoisotopic (exact) mass is 354 g/mol. The van der Waals surface area contributed by atoms with Crippen LogP contribution in [-0.2, 0) is 6.42 Å². The molecule has 0 aliphatic carbocycles. The van der Waals surface area contributed by atoms with Gasteiger partial charge < -0.3 is 15.5 Å². The van der Waals surface area contributed by atoms with Crippen LogP contribution in [0.15, 0.2) is 42.5 Å². The van der Waals surface area contributed by atoms with Crippen molar-refractivity contribution in [1.82, 2.24) is 5.32 Å². The summed E-state index contributed by atoms with van der Waals surface area (Å²) in [7, 11) is 1.50. The Kier molecular flexibility index (Phi) is 5.06. The molecule has 1 atom stereocenters. The Bertz CT molecular complexity index is 837. The van der Waals surface area contributed by atoms with Gasteiger partial charge in [0.1, 0.15) is 5.69 Å². The van der Waals surface area contributed by atoms with E-state index in [9.17, 15) is 14.9 Å². The maximum Gasteiger partial charge on any atom is 0.293 e. The fourth-order valence-electron chi connectivity index (χ4n) is 3.40. The van der Waals surface area contributed by atoms with Gasteiger partial charge in [0, 0.05) is 43.5 Å². The molecule has 1 amide bonds. The van der Waals surface area contributed by atoms with Gasteiger partial charge >= 0.3 is 0 Å². The van der Waals surface area contributed by atoms with E-state index in [4.69, 9.17) is 0 Å². The largest absolute Gasteiger partial charge is 0.378 e. The Labute approximate surface area is 152 Å². The Morgan fingerprint density at radius 2 is 2.08 bits per heavy atom. The number of fused-ring (bicyclic) bond motifs is 1. The Balaban J connectivity index is 1.70. The highest BCUT2D eigenvalue weighted by Gasteiger charge is 2.25. The number of benzene rings is 2. The molecule has 0 saturated heterocycles. The van der Waals surface area contributed by atoms with Crippen LogP contribution < -0.4 is 15.5 Å². The van der Waals surface area contributed by atoms with E-state index in [1.807, 2.05) is 12.1 Å². The highest BCUT2D eigenvalue weighted by Crippen LogP contribution is 2.31. The van der Waals surface area contributed by atoms with Gasteiger partial charge in [0.25, 0.3) is 11.6 Å². The van der Waals surface area contributed by atoms with E-state index in [0.717, 1.165) is 13.0 Å². The molecule has 0 spiro atoms. The number of para-hydroxylation sites is 1. The number of hydrogen-bond donors (Lipinski definition) is 2. The molecular weight excluding hydrogens is 332 g/mol. The number of nitrogens with one attached hydrogen (secondary N) is 2. The number of carbonyl (C=O) groups excluding carboxylic acids is 1. The van der Waals surface area contributed by atoms with Crippen LogP contribution in [-0.4, -0.2) is 37.0 Å². The Hall–Kier alpha value is -3.09. The first-order valence-electron chi connectivity index (χ1n) is 8.60. The fourth-order valence-corrected chi connectivity index (χ4v) is 3.40. The normalized spacial score (nSPS) is 15.5. The summed E-state index contributed by atoms with van der Waals surface area (Å²) in [4.78, 5) is 24.9. The molecular formula is C19H22N4O3. The zero-order valence-electron chi connectivity index (χ0n) is 14.9. The lowest BCUT2D eigenvalue weighted by molar-refractivity contribution is -0.384. The number of nitro benzene ring substituents is 1. The second kappa shape index (κ2) is 7.43. The number of nitrogens with zero attached hydrogens (tertiary/aromatic N) is 2. The molecule has 0 fully saturated rings. The van der Waals surface area contributed by atoms with Crippen molar-refractivity contribution in [3.05, 3.63) is 63.7 Å². The van der Waals surface area contributed by atoms with Gasteiger partial charge in [0.05, 0.1) is 4.92 Å². The third-order valence-electron chi connectivity index (χ3n) is 4.70. The van der Waals surface area contributed by atoms with Crippen molar-refractivity contribution >= 4 is 23.0 Å². The average molecular weight is 354 g/mol. The average Bonchev–Trinajstić information content (AvgIpc) is 2.96. The number of carbonyl (C=O) groups is 1. The van der Waals surface area contributed by atoms with Gasteiger partial charge in [-0.05, 0) is 37.1 Å². The van der Waals surface area contributed by atoms with Crippen molar-refractivity contribution in [3.63, 3.8) is 0 Å². The summed E-state index contributed by atoms with van der Waals surface area (Å²) in [5.74, 6) is -0.345. The number of rotatable bonds is 6. The van der Waals surface area contributed by atoms with Gasteiger partial charge in [-0.15, -0.1) is 0 Å². The number of hydrogen-bond acceptors (Lipinski definition) is 5. The molecule has 7 heteroatoms. The lowest BCUT2D eigenvalue weighted by atomic mass is 10.1. The molecule has 0 aromatic heterocycles. The number of amides is 1. The molecule has 1 heterocycles. The molecule has 0 radical (unpaired) electrons. The minimum atomic E-state index is -0.470. The Morgan fingerprint density at radius 3 is 2.81 bits per heavy atom. The third kappa shape index (κ3) is 3.46. The van der Waals surface area contributed by atoms with Crippen LogP contribution in [0.25, 0.3) is 0 Å². The van der Waals surface area contributed by atoms with Gasteiger partial charge in [-0.1, -0.05) is 18.2 Å². The standard InChI is InChI=1S/C19H22N4O3/c1-13-11-14-5-3-4-6-17(14)22(13)10-9-21-16-8-7-15(19(24)20-2)12-18(16)23(25)26/h3-8,12-13,21H,9-11H2,1-2H3,(H,20,24). The first-order chi connectivity index (χ1) is 12.5. The molecule has 2 aromatic carbocycles. The molecule has 2 N–H and O–H groups in total. The molecule has 26 heavy (non-hydrogen) atoms. The predicted molar refractivity (Wildman–Crippen MR) is 102 cm³/mol.